The van der Waals surface area contributed by atoms with Gasteiger partial charge in [-0.15, -0.1) is 0 Å². The summed E-state index contributed by atoms with van der Waals surface area (Å²) in [5, 5.41) is 0. The SMILES string of the molecule is CCCC[N+]1(CC)C=CN(CC)C1. The molecule has 0 aliphatic carbocycles. The first-order chi connectivity index (χ1) is 6.26. The van der Waals surface area contributed by atoms with Crippen LogP contribution in [0.15, 0.2) is 12.4 Å². The Hall–Kier alpha value is -0.500. The van der Waals surface area contributed by atoms with Crippen LogP contribution in [0.1, 0.15) is 33.6 Å². The zero-order valence-electron chi connectivity index (χ0n) is 9.29. The maximum Gasteiger partial charge on any atom is 0.158 e. The smallest absolute Gasteiger partial charge is 0.158 e. The van der Waals surface area contributed by atoms with Gasteiger partial charge in [0.25, 0.3) is 0 Å². The van der Waals surface area contributed by atoms with Crippen molar-refractivity contribution < 1.29 is 4.48 Å². The lowest BCUT2D eigenvalue weighted by Crippen LogP contribution is -2.45. The molecule has 0 spiro atoms. The van der Waals surface area contributed by atoms with Crippen LogP contribution in [0, 0.1) is 0 Å². The zero-order valence-corrected chi connectivity index (χ0v) is 9.29. The number of nitrogens with zero attached hydrogens (tertiary/aromatic N) is 2. The van der Waals surface area contributed by atoms with E-state index >= 15 is 0 Å². The average molecular weight is 183 g/mol. The fraction of sp³-hybridized carbons (Fsp3) is 0.818. The van der Waals surface area contributed by atoms with E-state index in [9.17, 15) is 0 Å². The van der Waals surface area contributed by atoms with Crippen LogP contribution in [-0.2, 0) is 0 Å². The molecule has 0 saturated carbocycles. The Morgan fingerprint density at radius 1 is 1.31 bits per heavy atom. The molecule has 0 aromatic rings. The van der Waals surface area contributed by atoms with Crippen molar-refractivity contribution in [3.05, 3.63) is 12.4 Å². The maximum absolute atomic E-state index is 2.40. The van der Waals surface area contributed by atoms with Gasteiger partial charge in [-0.05, 0) is 20.3 Å². The molecular weight excluding hydrogens is 160 g/mol. The van der Waals surface area contributed by atoms with Gasteiger partial charge in [0.05, 0.1) is 19.3 Å². The molecule has 1 aliphatic heterocycles. The minimum Gasteiger partial charge on any atom is -0.326 e. The normalized spacial score (nSPS) is 27.2. The molecule has 1 heterocycles. The monoisotopic (exact) mass is 183 g/mol. The number of rotatable bonds is 5. The largest absolute Gasteiger partial charge is 0.326 e. The standard InChI is InChI=1S/C11H23N2/c1-4-7-9-13(6-3)10-8-12(5-2)11-13/h8,10H,4-7,9,11H2,1-3H3/q+1. The molecule has 2 nitrogen and oxygen atoms in total. The van der Waals surface area contributed by atoms with Gasteiger partial charge in [-0.2, -0.15) is 0 Å². The first kappa shape index (κ1) is 10.6. The predicted octanol–water partition coefficient (Wildman–Crippen LogP) is 2.39. The minimum atomic E-state index is 1.14. The van der Waals surface area contributed by atoms with Crippen molar-refractivity contribution in [1.29, 1.82) is 0 Å². The van der Waals surface area contributed by atoms with E-state index in [-0.39, 0.29) is 0 Å². The van der Waals surface area contributed by atoms with Crippen LogP contribution >= 0.6 is 0 Å². The van der Waals surface area contributed by atoms with E-state index in [1.807, 2.05) is 0 Å². The Bertz CT molecular complexity index is 177. The van der Waals surface area contributed by atoms with Gasteiger partial charge < -0.3 is 4.90 Å². The Morgan fingerprint density at radius 2 is 2.08 bits per heavy atom. The Morgan fingerprint density at radius 3 is 2.54 bits per heavy atom. The average Bonchev–Trinajstić information content (AvgIpc) is 2.59. The first-order valence-corrected chi connectivity index (χ1v) is 5.55. The molecule has 1 aliphatic rings. The molecule has 0 N–H and O–H groups in total. The zero-order chi connectivity index (χ0) is 9.73. The molecule has 1 atom stereocenters. The van der Waals surface area contributed by atoms with Gasteiger partial charge in [0.15, 0.2) is 6.67 Å². The van der Waals surface area contributed by atoms with Gasteiger partial charge >= 0.3 is 0 Å². The molecular formula is C11H23N2+. The number of quaternary nitrogens is 1. The molecule has 0 bridgehead atoms. The Balaban J connectivity index is 2.48. The fourth-order valence-corrected chi connectivity index (χ4v) is 1.88. The highest BCUT2D eigenvalue weighted by atomic mass is 15.5. The second kappa shape index (κ2) is 4.66. The maximum atomic E-state index is 2.40. The van der Waals surface area contributed by atoms with Gasteiger partial charge in [0, 0.05) is 6.54 Å². The second-order valence-corrected chi connectivity index (χ2v) is 3.96. The lowest BCUT2D eigenvalue weighted by Gasteiger charge is -2.31. The van der Waals surface area contributed by atoms with Gasteiger partial charge in [-0.1, -0.05) is 13.3 Å². The summed E-state index contributed by atoms with van der Waals surface area (Å²) in [4.78, 5) is 2.40. The highest BCUT2D eigenvalue weighted by Crippen LogP contribution is 2.18. The predicted molar refractivity (Wildman–Crippen MR) is 57.0 cm³/mol. The highest BCUT2D eigenvalue weighted by Gasteiger charge is 2.28. The van der Waals surface area contributed by atoms with Crippen molar-refractivity contribution in [2.24, 2.45) is 0 Å². The minimum absolute atomic E-state index is 1.14. The van der Waals surface area contributed by atoms with Crippen molar-refractivity contribution in [3.8, 4) is 0 Å². The van der Waals surface area contributed by atoms with Gasteiger partial charge in [0.1, 0.15) is 6.20 Å². The highest BCUT2D eigenvalue weighted by molar-refractivity contribution is 4.81. The number of hydrogen-bond donors (Lipinski definition) is 0. The van der Waals surface area contributed by atoms with Crippen LogP contribution < -0.4 is 0 Å². The van der Waals surface area contributed by atoms with Crippen molar-refractivity contribution in [2.45, 2.75) is 33.6 Å². The molecule has 1 rings (SSSR count). The third kappa shape index (κ3) is 2.47. The third-order valence-electron chi connectivity index (χ3n) is 3.05. The fourth-order valence-electron chi connectivity index (χ4n) is 1.88. The number of unbranched alkanes of at least 4 members (excludes halogenated alkanes) is 1. The molecule has 0 amide bonds. The van der Waals surface area contributed by atoms with Crippen molar-refractivity contribution in [1.82, 2.24) is 4.90 Å². The lowest BCUT2D eigenvalue weighted by atomic mass is 10.3. The summed E-state index contributed by atoms with van der Waals surface area (Å²) >= 11 is 0. The molecule has 1 unspecified atom stereocenters. The van der Waals surface area contributed by atoms with Crippen LogP contribution in [0.5, 0.6) is 0 Å². The van der Waals surface area contributed by atoms with Crippen LogP contribution in [0.4, 0.5) is 0 Å². The summed E-state index contributed by atoms with van der Waals surface area (Å²) in [5.41, 5.74) is 0. The third-order valence-corrected chi connectivity index (χ3v) is 3.05. The lowest BCUT2D eigenvalue weighted by molar-refractivity contribution is -0.879. The molecule has 0 saturated heterocycles. The van der Waals surface area contributed by atoms with Crippen LogP contribution in [-0.4, -0.2) is 35.7 Å². The topological polar surface area (TPSA) is 3.24 Å². The van der Waals surface area contributed by atoms with Gasteiger partial charge in [-0.3, -0.25) is 4.48 Å². The van der Waals surface area contributed by atoms with E-state index in [0.717, 1.165) is 6.54 Å². The van der Waals surface area contributed by atoms with E-state index in [0.29, 0.717) is 0 Å². The second-order valence-electron chi connectivity index (χ2n) is 3.96. The molecule has 2 heteroatoms. The van der Waals surface area contributed by atoms with Crippen molar-refractivity contribution in [2.75, 3.05) is 26.3 Å². The van der Waals surface area contributed by atoms with E-state index in [1.165, 1.54) is 37.1 Å². The Kier molecular flexibility index (Phi) is 3.79. The molecule has 0 aromatic heterocycles. The molecule has 0 radical (unpaired) electrons. The number of hydrogen-bond acceptors (Lipinski definition) is 1. The molecule has 0 fully saturated rings. The van der Waals surface area contributed by atoms with Gasteiger partial charge in [0.2, 0.25) is 0 Å². The molecule has 0 aromatic carbocycles. The molecule has 76 valence electrons. The van der Waals surface area contributed by atoms with Gasteiger partial charge in [-0.25, -0.2) is 0 Å². The van der Waals surface area contributed by atoms with Crippen LogP contribution in [0.2, 0.25) is 0 Å². The summed E-state index contributed by atoms with van der Waals surface area (Å²) in [6, 6.07) is 0. The van der Waals surface area contributed by atoms with Crippen molar-refractivity contribution in [3.63, 3.8) is 0 Å². The van der Waals surface area contributed by atoms with E-state index < -0.39 is 0 Å². The van der Waals surface area contributed by atoms with Crippen LogP contribution in [0.3, 0.4) is 0 Å². The molecule has 13 heavy (non-hydrogen) atoms. The van der Waals surface area contributed by atoms with Crippen molar-refractivity contribution >= 4 is 0 Å². The van der Waals surface area contributed by atoms with Crippen LogP contribution in [0.25, 0.3) is 0 Å². The summed E-state index contributed by atoms with van der Waals surface area (Å²) < 4.78 is 1.17. The summed E-state index contributed by atoms with van der Waals surface area (Å²) in [5.74, 6) is 0. The Labute approximate surface area is 82.4 Å². The van der Waals surface area contributed by atoms with E-state index in [1.54, 1.807) is 0 Å². The van der Waals surface area contributed by atoms with E-state index in [4.69, 9.17) is 0 Å². The summed E-state index contributed by atoms with van der Waals surface area (Å²) in [6.45, 7) is 11.6. The quantitative estimate of drug-likeness (QED) is 0.592. The summed E-state index contributed by atoms with van der Waals surface area (Å²) in [7, 11) is 0. The summed E-state index contributed by atoms with van der Waals surface area (Å²) in [6.07, 6.45) is 7.29. The van der Waals surface area contributed by atoms with E-state index in [2.05, 4.69) is 38.1 Å². The first-order valence-electron chi connectivity index (χ1n) is 5.55.